The molecule has 0 fully saturated rings. The van der Waals surface area contributed by atoms with Crippen LogP contribution in [0, 0.1) is 0 Å². The van der Waals surface area contributed by atoms with E-state index < -0.39 is 0 Å². The molecule has 0 heterocycles. The highest BCUT2D eigenvalue weighted by molar-refractivity contribution is 4.51. The molecule has 92 valence electrons. The van der Waals surface area contributed by atoms with Gasteiger partial charge in [-0.15, -0.1) is 0 Å². The Kier molecular flexibility index (Phi) is 11.7. The smallest absolute Gasteiger partial charge is 0.0701 e. The summed E-state index contributed by atoms with van der Waals surface area (Å²) in [6.07, 6.45) is -0.296. The Morgan fingerprint density at radius 1 is 1.07 bits per heavy atom. The summed E-state index contributed by atoms with van der Waals surface area (Å²) >= 11 is 0. The van der Waals surface area contributed by atoms with Gasteiger partial charge in [0.25, 0.3) is 0 Å². The molecule has 0 amide bonds. The summed E-state index contributed by atoms with van der Waals surface area (Å²) in [4.78, 5) is 0. The Morgan fingerprint density at radius 2 is 1.67 bits per heavy atom. The maximum absolute atomic E-state index is 8.95. The molecule has 0 radical (unpaired) electrons. The highest BCUT2D eigenvalue weighted by atomic mass is 16.5. The van der Waals surface area contributed by atoms with Gasteiger partial charge in [-0.3, -0.25) is 0 Å². The minimum absolute atomic E-state index is 0.296. The molecule has 0 saturated heterocycles. The predicted molar refractivity (Wildman–Crippen MR) is 60.1 cm³/mol. The number of nitrogens with one attached hydrogen (secondary N) is 2. The number of aliphatic hydroxyl groups excluding tert-OH is 1. The van der Waals surface area contributed by atoms with Crippen LogP contribution in [0.2, 0.25) is 0 Å². The van der Waals surface area contributed by atoms with Crippen LogP contribution in [-0.2, 0) is 9.47 Å². The van der Waals surface area contributed by atoms with Crippen LogP contribution in [0.15, 0.2) is 0 Å². The molecule has 0 aromatic carbocycles. The van der Waals surface area contributed by atoms with E-state index in [2.05, 4.69) is 10.6 Å². The molecular weight excluding hydrogens is 196 g/mol. The molecule has 0 saturated carbocycles. The summed E-state index contributed by atoms with van der Waals surface area (Å²) < 4.78 is 10.6. The SMILES string of the molecule is CNCCOCCOCCNCC(C)O. The first-order valence-electron chi connectivity index (χ1n) is 5.46. The van der Waals surface area contributed by atoms with E-state index in [-0.39, 0.29) is 6.10 Å². The molecule has 0 aliphatic carbocycles. The predicted octanol–water partition coefficient (Wildman–Crippen LogP) is -0.791. The zero-order chi connectivity index (χ0) is 11.4. The molecule has 15 heavy (non-hydrogen) atoms. The van der Waals surface area contributed by atoms with Gasteiger partial charge in [0.1, 0.15) is 0 Å². The Morgan fingerprint density at radius 3 is 2.20 bits per heavy atom. The fourth-order valence-corrected chi connectivity index (χ4v) is 0.951. The normalized spacial score (nSPS) is 13.0. The zero-order valence-electron chi connectivity index (χ0n) is 9.79. The Labute approximate surface area is 92.1 Å². The van der Waals surface area contributed by atoms with E-state index in [1.807, 2.05) is 7.05 Å². The summed E-state index contributed by atoms with van der Waals surface area (Å²) in [5.41, 5.74) is 0. The Balaban J connectivity index is 2.87. The third kappa shape index (κ3) is 13.8. The van der Waals surface area contributed by atoms with Crippen LogP contribution in [0.3, 0.4) is 0 Å². The maximum Gasteiger partial charge on any atom is 0.0701 e. The fourth-order valence-electron chi connectivity index (χ4n) is 0.951. The summed E-state index contributed by atoms with van der Waals surface area (Å²) in [6, 6.07) is 0. The second-order valence-corrected chi connectivity index (χ2v) is 3.38. The first-order valence-corrected chi connectivity index (χ1v) is 5.46. The first kappa shape index (κ1) is 14.8. The first-order chi connectivity index (χ1) is 7.27. The van der Waals surface area contributed by atoms with E-state index in [1.165, 1.54) is 0 Å². The lowest BCUT2D eigenvalue weighted by molar-refractivity contribution is 0.0496. The average molecular weight is 220 g/mol. The van der Waals surface area contributed by atoms with Crippen molar-refractivity contribution >= 4 is 0 Å². The standard InChI is InChI=1S/C10H24N2O3/c1-10(13)9-12-4-6-15-8-7-14-5-3-11-2/h10-13H,3-9H2,1-2H3. The number of likely N-dealkylation sites (N-methyl/N-ethyl adjacent to an activating group) is 1. The van der Waals surface area contributed by atoms with E-state index in [1.54, 1.807) is 6.92 Å². The number of aliphatic hydroxyl groups is 1. The van der Waals surface area contributed by atoms with Gasteiger partial charge in [0.2, 0.25) is 0 Å². The second kappa shape index (κ2) is 11.9. The molecule has 0 aliphatic rings. The van der Waals surface area contributed by atoms with Gasteiger partial charge in [0.15, 0.2) is 0 Å². The molecule has 0 aliphatic heterocycles. The molecule has 3 N–H and O–H groups in total. The van der Waals surface area contributed by atoms with Crippen molar-refractivity contribution in [3.8, 4) is 0 Å². The van der Waals surface area contributed by atoms with E-state index in [0.717, 1.165) is 19.7 Å². The van der Waals surface area contributed by atoms with Gasteiger partial charge in [-0.1, -0.05) is 0 Å². The van der Waals surface area contributed by atoms with Crippen LogP contribution < -0.4 is 10.6 Å². The average Bonchev–Trinajstić information content (AvgIpc) is 2.20. The van der Waals surface area contributed by atoms with Gasteiger partial charge in [0, 0.05) is 19.6 Å². The van der Waals surface area contributed by atoms with Crippen molar-refractivity contribution in [2.24, 2.45) is 0 Å². The number of ether oxygens (including phenoxy) is 2. The quantitative estimate of drug-likeness (QED) is 0.398. The Bertz CT molecular complexity index is 123. The highest BCUT2D eigenvalue weighted by Crippen LogP contribution is 1.79. The largest absolute Gasteiger partial charge is 0.392 e. The molecule has 0 aromatic rings. The Hall–Kier alpha value is -0.200. The monoisotopic (exact) mass is 220 g/mol. The second-order valence-electron chi connectivity index (χ2n) is 3.38. The van der Waals surface area contributed by atoms with Crippen molar-refractivity contribution in [1.29, 1.82) is 0 Å². The number of rotatable bonds is 11. The van der Waals surface area contributed by atoms with Crippen molar-refractivity contribution in [3.05, 3.63) is 0 Å². The van der Waals surface area contributed by atoms with E-state index >= 15 is 0 Å². The van der Waals surface area contributed by atoms with Crippen molar-refractivity contribution in [3.63, 3.8) is 0 Å². The molecule has 0 bridgehead atoms. The molecule has 5 nitrogen and oxygen atoms in total. The molecular formula is C10H24N2O3. The zero-order valence-corrected chi connectivity index (χ0v) is 9.79. The van der Waals surface area contributed by atoms with Crippen LogP contribution in [0.4, 0.5) is 0 Å². The number of hydrogen-bond donors (Lipinski definition) is 3. The van der Waals surface area contributed by atoms with E-state index in [0.29, 0.717) is 26.4 Å². The van der Waals surface area contributed by atoms with Gasteiger partial charge in [0.05, 0.1) is 32.5 Å². The van der Waals surface area contributed by atoms with Crippen LogP contribution in [0.25, 0.3) is 0 Å². The van der Waals surface area contributed by atoms with Crippen molar-refractivity contribution in [2.45, 2.75) is 13.0 Å². The minimum Gasteiger partial charge on any atom is -0.392 e. The third-order valence-electron chi connectivity index (χ3n) is 1.73. The van der Waals surface area contributed by atoms with Crippen molar-refractivity contribution in [1.82, 2.24) is 10.6 Å². The van der Waals surface area contributed by atoms with Crippen LogP contribution in [-0.4, -0.2) is 64.3 Å². The van der Waals surface area contributed by atoms with Crippen molar-refractivity contribution in [2.75, 3.05) is 53.1 Å². The van der Waals surface area contributed by atoms with E-state index in [4.69, 9.17) is 14.6 Å². The lowest BCUT2D eigenvalue weighted by atomic mass is 10.4. The van der Waals surface area contributed by atoms with Gasteiger partial charge >= 0.3 is 0 Å². The fraction of sp³-hybridized carbons (Fsp3) is 1.00. The lowest BCUT2D eigenvalue weighted by Gasteiger charge is -2.08. The summed E-state index contributed by atoms with van der Waals surface area (Å²) in [7, 11) is 1.90. The third-order valence-corrected chi connectivity index (χ3v) is 1.73. The summed E-state index contributed by atoms with van der Waals surface area (Å²) in [5.74, 6) is 0. The highest BCUT2D eigenvalue weighted by Gasteiger charge is 1.93. The topological polar surface area (TPSA) is 62.8 Å². The molecule has 0 spiro atoms. The maximum atomic E-state index is 8.95. The van der Waals surface area contributed by atoms with Gasteiger partial charge in [-0.05, 0) is 14.0 Å². The summed E-state index contributed by atoms with van der Waals surface area (Å²) in [6.45, 7) is 6.64. The minimum atomic E-state index is -0.296. The summed E-state index contributed by atoms with van der Waals surface area (Å²) in [5, 5.41) is 15.0. The van der Waals surface area contributed by atoms with Gasteiger partial charge < -0.3 is 25.2 Å². The van der Waals surface area contributed by atoms with Gasteiger partial charge in [-0.25, -0.2) is 0 Å². The molecule has 0 rings (SSSR count). The number of hydrogen-bond acceptors (Lipinski definition) is 5. The molecule has 0 aromatic heterocycles. The molecule has 5 heteroatoms. The van der Waals surface area contributed by atoms with Crippen LogP contribution in [0.1, 0.15) is 6.92 Å². The molecule has 1 atom stereocenters. The lowest BCUT2D eigenvalue weighted by Crippen LogP contribution is -2.28. The van der Waals surface area contributed by atoms with E-state index in [9.17, 15) is 0 Å². The van der Waals surface area contributed by atoms with Gasteiger partial charge in [-0.2, -0.15) is 0 Å². The van der Waals surface area contributed by atoms with Crippen LogP contribution in [0.5, 0.6) is 0 Å². The van der Waals surface area contributed by atoms with Crippen molar-refractivity contribution < 1.29 is 14.6 Å². The molecule has 1 unspecified atom stereocenters. The van der Waals surface area contributed by atoms with Crippen LogP contribution >= 0.6 is 0 Å².